The molecule has 4 aliphatic rings. The molecule has 0 amide bonds. The number of phenols is 1. The maximum absolute atomic E-state index is 14.1. The highest BCUT2D eigenvalue weighted by atomic mass is 32.2. The summed E-state index contributed by atoms with van der Waals surface area (Å²) in [6.07, 6.45) is 4.88. The van der Waals surface area contributed by atoms with E-state index in [1.807, 2.05) is 36.4 Å². The normalized spacial score (nSPS) is 29.3. The minimum Gasteiger partial charge on any atom is -0.508 e. The molecule has 0 unspecified atom stereocenters. The van der Waals surface area contributed by atoms with Crippen molar-refractivity contribution in [2.45, 2.75) is 68.9 Å². The Balaban J connectivity index is 1.47. The molecule has 0 radical (unpaired) electrons. The molecule has 2 aliphatic heterocycles. The van der Waals surface area contributed by atoms with Crippen molar-refractivity contribution in [2.75, 3.05) is 26.7 Å². The molecule has 2 aromatic carbocycles. The molecule has 2 heterocycles. The van der Waals surface area contributed by atoms with Gasteiger partial charge in [-0.1, -0.05) is 50.3 Å². The van der Waals surface area contributed by atoms with Crippen LogP contribution in [0.25, 0.3) is 0 Å². The molecule has 5 atom stereocenters. The second-order valence-electron chi connectivity index (χ2n) is 12.1. The predicted octanol–water partition coefficient (Wildman–Crippen LogP) is 4.48. The summed E-state index contributed by atoms with van der Waals surface area (Å²) in [5.74, 6) is 1.92. The molecule has 210 valence electrons. The molecule has 7 nitrogen and oxygen atoms in total. The molecular formula is C31H40N2O5S. The van der Waals surface area contributed by atoms with Crippen LogP contribution in [0.2, 0.25) is 0 Å². The van der Waals surface area contributed by atoms with Gasteiger partial charge in [-0.25, -0.2) is 8.42 Å². The largest absolute Gasteiger partial charge is 0.508 e. The first-order chi connectivity index (χ1) is 18.7. The lowest BCUT2D eigenvalue weighted by Gasteiger charge is -2.60. The minimum atomic E-state index is -3.63. The Morgan fingerprint density at radius 1 is 1.28 bits per heavy atom. The molecule has 2 bridgehead atoms. The van der Waals surface area contributed by atoms with Crippen LogP contribution in [-0.2, 0) is 27.6 Å². The summed E-state index contributed by atoms with van der Waals surface area (Å²) in [5.41, 5.74) is 2.43. The number of hydrogen-bond acceptors (Lipinski definition) is 6. The molecule has 2 aromatic rings. The second-order valence-corrected chi connectivity index (χ2v) is 14.0. The van der Waals surface area contributed by atoms with Crippen molar-refractivity contribution in [2.24, 2.45) is 11.8 Å². The maximum Gasteiger partial charge on any atom is 0.218 e. The molecule has 1 saturated heterocycles. The van der Waals surface area contributed by atoms with Crippen molar-refractivity contribution >= 4 is 10.0 Å². The molecule has 2 aliphatic carbocycles. The summed E-state index contributed by atoms with van der Waals surface area (Å²) in [5, 5.41) is 11.2. The van der Waals surface area contributed by atoms with Crippen molar-refractivity contribution in [1.82, 2.24) is 9.21 Å². The van der Waals surface area contributed by atoms with Gasteiger partial charge in [-0.05, 0) is 49.6 Å². The zero-order chi connectivity index (χ0) is 27.5. The Hall–Kier alpha value is -2.55. The van der Waals surface area contributed by atoms with Gasteiger partial charge in [0.05, 0.1) is 18.9 Å². The number of nitrogens with zero attached hydrogens (tertiary/aromatic N) is 2. The number of ether oxygens (including phenoxy) is 2. The molecular weight excluding hydrogens is 512 g/mol. The molecule has 39 heavy (non-hydrogen) atoms. The Morgan fingerprint density at radius 3 is 2.74 bits per heavy atom. The van der Waals surface area contributed by atoms with Crippen molar-refractivity contribution < 1.29 is 23.0 Å². The van der Waals surface area contributed by atoms with Crippen LogP contribution >= 0.6 is 0 Å². The standard InChI is InChI=1S/C31H40N2O5S/c1-5-14-32-15-13-31-23-11-12-24(33(18-20(2)3)39(35,36)19-21-9-7-6-8-10-21)30(31)38-29-27(37-4)17-26(34)22(28(29)31)16-25(23)32/h5-10,17,20,23-25,30,34H,1,11-16,18-19H2,2-4H3/t23-,24+,25+,30-,31-/m0/s1. The van der Waals surface area contributed by atoms with Gasteiger partial charge in [0.2, 0.25) is 10.0 Å². The van der Waals surface area contributed by atoms with E-state index in [2.05, 4.69) is 25.3 Å². The summed E-state index contributed by atoms with van der Waals surface area (Å²) < 4.78 is 42.6. The molecule has 1 spiro atoms. The zero-order valence-electron chi connectivity index (χ0n) is 23.2. The fourth-order valence-electron chi connectivity index (χ4n) is 8.17. The van der Waals surface area contributed by atoms with Gasteiger partial charge < -0.3 is 14.6 Å². The maximum atomic E-state index is 14.1. The second kappa shape index (κ2) is 9.82. The first-order valence-electron chi connectivity index (χ1n) is 14.2. The van der Waals surface area contributed by atoms with E-state index < -0.39 is 10.0 Å². The van der Waals surface area contributed by atoms with E-state index in [1.54, 1.807) is 17.5 Å². The van der Waals surface area contributed by atoms with Crippen LogP contribution < -0.4 is 9.47 Å². The van der Waals surface area contributed by atoms with Gasteiger partial charge in [0.1, 0.15) is 11.9 Å². The van der Waals surface area contributed by atoms with Gasteiger partial charge >= 0.3 is 0 Å². The van der Waals surface area contributed by atoms with E-state index in [4.69, 9.17) is 9.47 Å². The fourth-order valence-corrected chi connectivity index (χ4v) is 10.1. The Morgan fingerprint density at radius 2 is 2.05 bits per heavy atom. The number of piperidine rings is 1. The lowest BCUT2D eigenvalue weighted by atomic mass is 9.51. The molecule has 1 saturated carbocycles. The summed E-state index contributed by atoms with van der Waals surface area (Å²) in [7, 11) is -2.03. The number of aromatic hydroxyl groups is 1. The lowest BCUT2D eigenvalue weighted by molar-refractivity contribution is -0.0747. The van der Waals surface area contributed by atoms with E-state index in [9.17, 15) is 13.5 Å². The summed E-state index contributed by atoms with van der Waals surface area (Å²) in [6, 6.07) is 11.1. The fraction of sp³-hybridized carbons (Fsp3) is 0.548. The predicted molar refractivity (Wildman–Crippen MR) is 152 cm³/mol. The SMILES string of the molecule is C=CCN1CC[C@]23c4c5c(O)cc(OC)c4O[C@H]2[C@H](N(CC(C)C)S(=O)(=O)Cc2ccccc2)CC[C@H]3[C@H]1C5. The van der Waals surface area contributed by atoms with Crippen molar-refractivity contribution in [3.8, 4) is 17.2 Å². The van der Waals surface area contributed by atoms with Crippen LogP contribution in [0.5, 0.6) is 17.2 Å². The number of likely N-dealkylation sites (tertiary alicyclic amines) is 1. The topological polar surface area (TPSA) is 79.3 Å². The van der Waals surface area contributed by atoms with Crippen LogP contribution in [0.3, 0.4) is 0 Å². The van der Waals surface area contributed by atoms with Crippen LogP contribution in [0.4, 0.5) is 0 Å². The highest BCUT2D eigenvalue weighted by Crippen LogP contribution is 2.65. The minimum absolute atomic E-state index is 0.0295. The molecule has 0 aromatic heterocycles. The summed E-state index contributed by atoms with van der Waals surface area (Å²) in [4.78, 5) is 2.49. The van der Waals surface area contributed by atoms with E-state index in [-0.39, 0.29) is 41.0 Å². The van der Waals surface area contributed by atoms with Crippen LogP contribution in [0.1, 0.15) is 49.8 Å². The Kier molecular flexibility index (Phi) is 6.71. The van der Waals surface area contributed by atoms with Crippen molar-refractivity contribution in [3.63, 3.8) is 0 Å². The number of methoxy groups -OCH3 is 1. The molecule has 1 N–H and O–H groups in total. The van der Waals surface area contributed by atoms with Gasteiger partial charge in [0.25, 0.3) is 0 Å². The van der Waals surface area contributed by atoms with Gasteiger partial charge in [0.15, 0.2) is 11.5 Å². The van der Waals surface area contributed by atoms with Gasteiger partial charge in [-0.2, -0.15) is 4.31 Å². The molecule has 2 fully saturated rings. The molecule has 6 rings (SSSR count). The highest BCUT2D eigenvalue weighted by Gasteiger charge is 2.67. The Labute approximate surface area is 232 Å². The van der Waals surface area contributed by atoms with Crippen LogP contribution in [0.15, 0.2) is 49.1 Å². The van der Waals surface area contributed by atoms with Crippen LogP contribution in [-0.4, -0.2) is 67.7 Å². The number of rotatable bonds is 9. The Bertz CT molecular complexity index is 1360. The first kappa shape index (κ1) is 26.7. The van der Waals surface area contributed by atoms with E-state index in [0.29, 0.717) is 24.0 Å². The summed E-state index contributed by atoms with van der Waals surface area (Å²) in [6.45, 7) is 10.3. The van der Waals surface area contributed by atoms with Crippen molar-refractivity contribution in [3.05, 3.63) is 65.7 Å². The van der Waals surface area contributed by atoms with E-state index in [0.717, 1.165) is 55.5 Å². The highest BCUT2D eigenvalue weighted by molar-refractivity contribution is 7.88. The summed E-state index contributed by atoms with van der Waals surface area (Å²) >= 11 is 0. The zero-order valence-corrected chi connectivity index (χ0v) is 24.0. The third-order valence-corrected chi connectivity index (χ3v) is 11.4. The van der Waals surface area contributed by atoms with Crippen LogP contribution in [0, 0.1) is 11.8 Å². The first-order valence-corrected chi connectivity index (χ1v) is 15.8. The van der Waals surface area contributed by atoms with Crippen molar-refractivity contribution in [1.29, 1.82) is 0 Å². The van der Waals surface area contributed by atoms with E-state index in [1.165, 1.54) is 0 Å². The number of hydrogen-bond donors (Lipinski definition) is 1. The quantitative estimate of drug-likeness (QED) is 0.462. The third kappa shape index (κ3) is 4.09. The third-order valence-electron chi connectivity index (χ3n) is 9.54. The number of benzene rings is 2. The monoisotopic (exact) mass is 552 g/mol. The lowest BCUT2D eigenvalue weighted by Crippen LogP contribution is -2.69. The smallest absolute Gasteiger partial charge is 0.218 e. The van der Waals surface area contributed by atoms with Gasteiger partial charge in [-0.15, -0.1) is 6.58 Å². The van der Waals surface area contributed by atoms with E-state index >= 15 is 0 Å². The molecule has 8 heteroatoms. The number of phenolic OH excluding ortho intramolecular Hbond substituents is 1. The van der Waals surface area contributed by atoms with Gasteiger partial charge in [0, 0.05) is 41.7 Å². The number of sulfonamides is 1. The average Bonchev–Trinajstić information content (AvgIpc) is 3.24. The average molecular weight is 553 g/mol. The van der Waals surface area contributed by atoms with Gasteiger partial charge in [-0.3, -0.25) is 4.90 Å².